The lowest BCUT2D eigenvalue weighted by Crippen LogP contribution is -2.53. The van der Waals surface area contributed by atoms with E-state index < -0.39 is 0 Å². The molecule has 2 heteroatoms. The molecule has 3 aliphatic carbocycles. The van der Waals surface area contributed by atoms with Gasteiger partial charge in [0.15, 0.2) is 0 Å². The van der Waals surface area contributed by atoms with Crippen molar-refractivity contribution in [2.45, 2.75) is 49.5 Å². The van der Waals surface area contributed by atoms with Gasteiger partial charge in [0.05, 0.1) is 0 Å². The van der Waals surface area contributed by atoms with E-state index in [-0.39, 0.29) is 5.54 Å². The van der Waals surface area contributed by atoms with Gasteiger partial charge in [-0.05, 0) is 61.6 Å². The largest absolute Gasteiger partial charge is 0.325 e. The Kier molecular flexibility index (Phi) is 2.41. The van der Waals surface area contributed by atoms with Crippen molar-refractivity contribution in [2.24, 2.45) is 5.73 Å². The van der Waals surface area contributed by atoms with E-state index in [0.717, 1.165) is 0 Å². The molecule has 0 aliphatic heterocycles. The molecule has 4 rings (SSSR count). The maximum atomic E-state index is 6.35. The Morgan fingerprint density at radius 2 is 1.62 bits per heavy atom. The fraction of sp³-hybridized carbons (Fsp3) is 0.571. The molecule has 0 radical (unpaired) electrons. The van der Waals surface area contributed by atoms with E-state index >= 15 is 0 Å². The minimum atomic E-state index is 0.174. The van der Waals surface area contributed by atoms with Crippen LogP contribution in [0.15, 0.2) is 28.7 Å². The van der Waals surface area contributed by atoms with Crippen LogP contribution in [0.1, 0.15) is 44.1 Å². The molecular weight excluding hydrogens is 262 g/mol. The summed E-state index contributed by atoms with van der Waals surface area (Å²) >= 11 is 3.58. The molecule has 0 atom stereocenters. The van der Waals surface area contributed by atoms with Crippen LogP contribution < -0.4 is 5.73 Å². The summed E-state index contributed by atoms with van der Waals surface area (Å²) in [7, 11) is 0. The van der Waals surface area contributed by atoms with E-state index in [1.54, 1.807) is 0 Å². The highest BCUT2D eigenvalue weighted by Crippen LogP contribution is 2.52. The van der Waals surface area contributed by atoms with Gasteiger partial charge in [-0.15, -0.1) is 0 Å². The molecule has 0 saturated heterocycles. The molecule has 0 heterocycles. The zero-order valence-electron chi connectivity index (χ0n) is 9.51. The van der Waals surface area contributed by atoms with Crippen molar-refractivity contribution >= 4 is 15.9 Å². The van der Waals surface area contributed by atoms with Gasteiger partial charge in [0.1, 0.15) is 0 Å². The first-order chi connectivity index (χ1) is 7.62. The summed E-state index contributed by atoms with van der Waals surface area (Å²) in [6, 6.07) is 8.86. The van der Waals surface area contributed by atoms with Gasteiger partial charge in [-0.3, -0.25) is 0 Å². The van der Waals surface area contributed by atoms with Gasteiger partial charge >= 0.3 is 0 Å². The Bertz CT molecular complexity index is 388. The molecule has 2 N–H and O–H groups in total. The molecule has 0 spiro atoms. The molecular formula is C14H18BrN. The molecule has 16 heavy (non-hydrogen) atoms. The fourth-order valence-electron chi connectivity index (χ4n) is 3.47. The predicted molar refractivity (Wildman–Crippen MR) is 70.4 cm³/mol. The van der Waals surface area contributed by atoms with Crippen molar-refractivity contribution in [3.8, 4) is 0 Å². The summed E-state index contributed by atoms with van der Waals surface area (Å²) in [5, 5.41) is 0. The summed E-state index contributed by atoms with van der Waals surface area (Å²) in [6.45, 7) is 0. The summed E-state index contributed by atoms with van der Waals surface area (Å²) < 4.78 is 1.20. The van der Waals surface area contributed by atoms with Gasteiger partial charge in [-0.2, -0.15) is 0 Å². The molecule has 0 aromatic heterocycles. The number of rotatable bonds is 1. The lowest BCUT2D eigenvalue weighted by atomic mass is 9.55. The molecule has 1 aromatic carbocycles. The van der Waals surface area contributed by atoms with Crippen molar-refractivity contribution in [1.82, 2.24) is 0 Å². The number of hydrogen-bond acceptors (Lipinski definition) is 1. The monoisotopic (exact) mass is 279 g/mol. The first-order valence-electron chi connectivity index (χ1n) is 6.17. The lowest BCUT2D eigenvalue weighted by molar-refractivity contribution is 0.107. The summed E-state index contributed by atoms with van der Waals surface area (Å²) in [5.74, 6) is 0. The van der Waals surface area contributed by atoms with Gasteiger partial charge in [-0.25, -0.2) is 0 Å². The number of halogens is 1. The number of fused-ring (bicyclic) bond motifs is 3. The quantitative estimate of drug-likeness (QED) is 0.833. The molecule has 1 nitrogen and oxygen atoms in total. The highest BCUT2D eigenvalue weighted by Gasteiger charge is 2.47. The summed E-state index contributed by atoms with van der Waals surface area (Å²) in [6.07, 6.45) is 7.46. The van der Waals surface area contributed by atoms with Crippen molar-refractivity contribution in [2.75, 3.05) is 0 Å². The smallest absolute Gasteiger partial charge is 0.0178 e. The molecule has 2 bridgehead atoms. The third kappa shape index (κ3) is 1.63. The number of hydrogen-bond donors (Lipinski definition) is 1. The van der Waals surface area contributed by atoms with Crippen LogP contribution in [-0.4, -0.2) is 5.54 Å². The third-order valence-electron chi connectivity index (χ3n) is 4.74. The minimum Gasteiger partial charge on any atom is -0.325 e. The zero-order valence-corrected chi connectivity index (χ0v) is 11.1. The first-order valence-corrected chi connectivity index (χ1v) is 6.96. The van der Waals surface area contributed by atoms with Crippen LogP contribution in [0.2, 0.25) is 0 Å². The first kappa shape index (κ1) is 10.8. The van der Waals surface area contributed by atoms with Crippen LogP contribution in [-0.2, 0) is 5.41 Å². The van der Waals surface area contributed by atoms with E-state index in [4.69, 9.17) is 5.73 Å². The molecule has 3 aliphatic rings. The van der Waals surface area contributed by atoms with E-state index in [2.05, 4.69) is 40.2 Å². The van der Waals surface area contributed by atoms with Gasteiger partial charge in [0, 0.05) is 10.0 Å². The maximum absolute atomic E-state index is 6.35. The Morgan fingerprint density at radius 3 is 2.19 bits per heavy atom. The third-order valence-corrected chi connectivity index (χ3v) is 5.23. The fourth-order valence-corrected chi connectivity index (χ4v) is 3.87. The molecule has 0 amide bonds. The zero-order chi connectivity index (χ0) is 11.2. The second kappa shape index (κ2) is 3.58. The number of nitrogens with two attached hydrogens (primary N) is 1. The Balaban J connectivity index is 1.95. The highest BCUT2D eigenvalue weighted by atomic mass is 79.9. The molecule has 3 saturated carbocycles. The van der Waals surface area contributed by atoms with Crippen LogP contribution in [0, 0.1) is 0 Å². The standard InChI is InChI=1S/C14H18BrN/c15-12-3-1-2-11(10-12)13-4-7-14(16,8-5-13)9-6-13/h1-3,10H,4-9,16H2. The van der Waals surface area contributed by atoms with Crippen LogP contribution in [0.4, 0.5) is 0 Å². The van der Waals surface area contributed by atoms with Crippen molar-refractivity contribution in [3.05, 3.63) is 34.3 Å². The van der Waals surface area contributed by atoms with E-state index in [9.17, 15) is 0 Å². The van der Waals surface area contributed by atoms with Crippen LogP contribution in [0.5, 0.6) is 0 Å². The SMILES string of the molecule is NC12CCC(c3cccc(Br)c3)(CC1)CC2. The topological polar surface area (TPSA) is 26.0 Å². The highest BCUT2D eigenvalue weighted by molar-refractivity contribution is 9.10. The molecule has 3 fully saturated rings. The second-order valence-corrected chi connectivity index (χ2v) is 6.57. The van der Waals surface area contributed by atoms with Crippen molar-refractivity contribution in [1.29, 1.82) is 0 Å². The van der Waals surface area contributed by atoms with Crippen LogP contribution in [0.3, 0.4) is 0 Å². The lowest BCUT2D eigenvalue weighted by Gasteiger charge is -2.52. The summed E-state index contributed by atoms with van der Waals surface area (Å²) in [5.41, 5.74) is 8.48. The normalized spacial score (nSPS) is 37.6. The molecule has 0 unspecified atom stereocenters. The Hall–Kier alpha value is -0.340. The van der Waals surface area contributed by atoms with Gasteiger partial charge < -0.3 is 5.73 Å². The maximum Gasteiger partial charge on any atom is 0.0178 e. The van der Waals surface area contributed by atoms with Crippen molar-refractivity contribution in [3.63, 3.8) is 0 Å². The van der Waals surface area contributed by atoms with E-state index in [0.29, 0.717) is 5.41 Å². The molecule has 1 aromatic rings. The average molecular weight is 280 g/mol. The predicted octanol–water partition coefficient (Wildman–Crippen LogP) is 3.75. The van der Waals surface area contributed by atoms with Gasteiger partial charge in [0.2, 0.25) is 0 Å². The van der Waals surface area contributed by atoms with E-state index in [1.165, 1.54) is 48.6 Å². The number of benzene rings is 1. The Labute approximate surface area is 106 Å². The van der Waals surface area contributed by atoms with Crippen LogP contribution in [0.25, 0.3) is 0 Å². The van der Waals surface area contributed by atoms with Gasteiger partial charge in [-0.1, -0.05) is 28.1 Å². The minimum absolute atomic E-state index is 0.174. The van der Waals surface area contributed by atoms with Crippen LogP contribution >= 0.6 is 15.9 Å². The van der Waals surface area contributed by atoms with E-state index in [1.807, 2.05) is 0 Å². The Morgan fingerprint density at radius 1 is 1.00 bits per heavy atom. The summed E-state index contributed by atoms with van der Waals surface area (Å²) in [4.78, 5) is 0. The average Bonchev–Trinajstić information content (AvgIpc) is 2.30. The van der Waals surface area contributed by atoms with Crippen molar-refractivity contribution < 1.29 is 0 Å². The molecule has 86 valence electrons. The van der Waals surface area contributed by atoms with Gasteiger partial charge in [0.25, 0.3) is 0 Å². The second-order valence-electron chi connectivity index (χ2n) is 5.65.